The van der Waals surface area contributed by atoms with Crippen LogP contribution in [-0.4, -0.2) is 18.1 Å². The molecule has 1 N–H and O–H groups in total. The quantitative estimate of drug-likeness (QED) is 0.889. The molecule has 0 radical (unpaired) electrons. The summed E-state index contributed by atoms with van der Waals surface area (Å²) in [4.78, 5) is 4.57. The van der Waals surface area contributed by atoms with E-state index < -0.39 is 0 Å². The van der Waals surface area contributed by atoms with Crippen LogP contribution < -0.4 is 10.1 Å². The van der Waals surface area contributed by atoms with Crippen molar-refractivity contribution in [2.75, 3.05) is 7.11 Å². The summed E-state index contributed by atoms with van der Waals surface area (Å²) < 4.78 is 5.47. The second-order valence-corrected chi connectivity index (χ2v) is 6.06. The highest BCUT2D eigenvalue weighted by molar-refractivity contribution is 5.40. The second-order valence-electron chi connectivity index (χ2n) is 6.06. The molecule has 0 bridgehead atoms. The lowest BCUT2D eigenvalue weighted by atomic mass is 9.84. The number of methoxy groups -OCH3 is 1. The second kappa shape index (κ2) is 7.07. The van der Waals surface area contributed by atoms with E-state index in [-0.39, 0.29) is 0 Å². The molecule has 1 saturated carbocycles. The maximum Gasteiger partial charge on any atom is 0.128 e. The molecule has 0 amide bonds. The molecule has 1 heterocycles. The van der Waals surface area contributed by atoms with Crippen molar-refractivity contribution in [2.45, 2.75) is 65.5 Å². The zero-order chi connectivity index (χ0) is 14.5. The number of hydrogen-bond donors (Lipinski definition) is 1. The molecule has 0 aliphatic heterocycles. The molecule has 2 rings (SSSR count). The fourth-order valence-corrected chi connectivity index (χ4v) is 3.34. The summed E-state index contributed by atoms with van der Waals surface area (Å²) in [6.45, 7) is 7.31. The van der Waals surface area contributed by atoms with E-state index in [0.717, 1.165) is 29.5 Å². The topological polar surface area (TPSA) is 34.2 Å². The molecule has 2 unspecified atom stereocenters. The highest BCUT2D eigenvalue weighted by Gasteiger charge is 2.20. The number of ether oxygens (including phenoxy) is 1. The normalized spacial score (nSPS) is 22.8. The summed E-state index contributed by atoms with van der Waals surface area (Å²) in [6.07, 6.45) is 8.62. The Morgan fingerprint density at radius 2 is 2.15 bits per heavy atom. The summed E-state index contributed by atoms with van der Waals surface area (Å²) in [6, 6.07) is 0.655. The minimum absolute atomic E-state index is 0.655. The molecule has 20 heavy (non-hydrogen) atoms. The summed E-state index contributed by atoms with van der Waals surface area (Å²) in [5.74, 6) is 1.88. The van der Waals surface area contributed by atoms with E-state index in [9.17, 15) is 0 Å². The molecule has 1 aliphatic rings. The van der Waals surface area contributed by atoms with Gasteiger partial charge < -0.3 is 10.1 Å². The van der Waals surface area contributed by atoms with Gasteiger partial charge in [0, 0.05) is 29.9 Å². The zero-order valence-electron chi connectivity index (χ0n) is 13.3. The van der Waals surface area contributed by atoms with Crippen molar-refractivity contribution >= 4 is 0 Å². The van der Waals surface area contributed by atoms with Crippen molar-refractivity contribution in [3.8, 4) is 5.75 Å². The molecule has 0 saturated heterocycles. The first kappa shape index (κ1) is 15.3. The van der Waals surface area contributed by atoms with Gasteiger partial charge in [-0.3, -0.25) is 4.98 Å². The average molecular weight is 276 g/mol. The van der Waals surface area contributed by atoms with Crippen LogP contribution in [0.15, 0.2) is 6.20 Å². The molecule has 2 atom stereocenters. The third-order valence-electron chi connectivity index (χ3n) is 4.67. The van der Waals surface area contributed by atoms with Crippen LogP contribution in [0.3, 0.4) is 0 Å². The van der Waals surface area contributed by atoms with Crippen LogP contribution in [0.5, 0.6) is 5.75 Å². The van der Waals surface area contributed by atoms with Gasteiger partial charge in [0.15, 0.2) is 0 Å². The largest absolute Gasteiger partial charge is 0.496 e. The van der Waals surface area contributed by atoms with Crippen molar-refractivity contribution in [1.82, 2.24) is 10.3 Å². The van der Waals surface area contributed by atoms with Crippen molar-refractivity contribution in [2.24, 2.45) is 5.92 Å². The minimum atomic E-state index is 0.655. The van der Waals surface area contributed by atoms with E-state index in [1.165, 1.54) is 37.7 Å². The van der Waals surface area contributed by atoms with E-state index in [1.807, 2.05) is 13.1 Å². The molecule has 112 valence electrons. The van der Waals surface area contributed by atoms with Crippen molar-refractivity contribution in [3.05, 3.63) is 23.0 Å². The zero-order valence-corrected chi connectivity index (χ0v) is 13.3. The lowest BCUT2D eigenvalue weighted by Gasteiger charge is -2.29. The van der Waals surface area contributed by atoms with Crippen LogP contribution in [0.2, 0.25) is 0 Å². The summed E-state index contributed by atoms with van der Waals surface area (Å²) in [5.41, 5.74) is 3.39. The smallest absolute Gasteiger partial charge is 0.128 e. The van der Waals surface area contributed by atoms with Gasteiger partial charge in [0.1, 0.15) is 5.75 Å². The Kier molecular flexibility index (Phi) is 5.41. The Balaban J connectivity index is 1.97. The molecular formula is C17H28N2O. The van der Waals surface area contributed by atoms with E-state index in [2.05, 4.69) is 24.1 Å². The van der Waals surface area contributed by atoms with Gasteiger partial charge in [-0.2, -0.15) is 0 Å². The van der Waals surface area contributed by atoms with E-state index >= 15 is 0 Å². The SMILES string of the molecule is CCC1CCCC(NCc2ncc(C)c(OC)c2C)C1. The molecule has 1 aromatic heterocycles. The molecule has 0 spiro atoms. The van der Waals surface area contributed by atoms with Gasteiger partial charge in [0.05, 0.1) is 12.8 Å². The van der Waals surface area contributed by atoms with Crippen LogP contribution in [-0.2, 0) is 6.54 Å². The first-order valence-corrected chi connectivity index (χ1v) is 7.88. The van der Waals surface area contributed by atoms with Crippen LogP contribution in [0.1, 0.15) is 55.8 Å². The van der Waals surface area contributed by atoms with E-state index in [0.29, 0.717) is 6.04 Å². The molecule has 3 heteroatoms. The van der Waals surface area contributed by atoms with E-state index in [1.54, 1.807) is 7.11 Å². The molecule has 3 nitrogen and oxygen atoms in total. The van der Waals surface area contributed by atoms with Crippen LogP contribution in [0.4, 0.5) is 0 Å². The third-order valence-corrected chi connectivity index (χ3v) is 4.67. The van der Waals surface area contributed by atoms with Gasteiger partial charge in [0.25, 0.3) is 0 Å². The van der Waals surface area contributed by atoms with Crippen LogP contribution in [0, 0.1) is 19.8 Å². The van der Waals surface area contributed by atoms with Gasteiger partial charge >= 0.3 is 0 Å². The Morgan fingerprint density at radius 1 is 1.35 bits per heavy atom. The maximum absolute atomic E-state index is 5.47. The Bertz CT molecular complexity index is 445. The van der Waals surface area contributed by atoms with Gasteiger partial charge in [0.2, 0.25) is 0 Å². The Hall–Kier alpha value is -1.09. The number of hydrogen-bond acceptors (Lipinski definition) is 3. The molecule has 0 aromatic carbocycles. The Morgan fingerprint density at radius 3 is 2.85 bits per heavy atom. The number of nitrogens with one attached hydrogen (secondary N) is 1. The maximum atomic E-state index is 5.47. The molecular weight excluding hydrogens is 248 g/mol. The monoisotopic (exact) mass is 276 g/mol. The third kappa shape index (κ3) is 3.51. The molecule has 1 fully saturated rings. The van der Waals surface area contributed by atoms with Gasteiger partial charge in [-0.05, 0) is 32.6 Å². The highest BCUT2D eigenvalue weighted by atomic mass is 16.5. The lowest BCUT2D eigenvalue weighted by Crippen LogP contribution is -2.34. The average Bonchev–Trinajstić information content (AvgIpc) is 2.47. The highest BCUT2D eigenvalue weighted by Crippen LogP contribution is 2.27. The summed E-state index contributed by atoms with van der Waals surface area (Å²) in [7, 11) is 1.74. The number of nitrogens with zero attached hydrogens (tertiary/aromatic N) is 1. The number of rotatable bonds is 5. The van der Waals surface area contributed by atoms with E-state index in [4.69, 9.17) is 4.74 Å². The first-order chi connectivity index (χ1) is 9.65. The fraction of sp³-hybridized carbons (Fsp3) is 0.706. The first-order valence-electron chi connectivity index (χ1n) is 7.88. The number of aromatic nitrogens is 1. The molecule has 1 aromatic rings. The lowest BCUT2D eigenvalue weighted by molar-refractivity contribution is 0.277. The standard InChI is InChI=1S/C17H28N2O/c1-5-14-7-6-8-15(9-14)18-11-16-13(3)17(20-4)12(2)10-19-16/h10,14-15,18H,5-9,11H2,1-4H3. The van der Waals surface area contributed by atoms with Gasteiger partial charge in [-0.25, -0.2) is 0 Å². The predicted octanol–water partition coefficient (Wildman–Crippen LogP) is 3.77. The fourth-order valence-electron chi connectivity index (χ4n) is 3.34. The minimum Gasteiger partial charge on any atom is -0.496 e. The van der Waals surface area contributed by atoms with Gasteiger partial charge in [-0.1, -0.05) is 26.2 Å². The van der Waals surface area contributed by atoms with Crippen LogP contribution in [0.25, 0.3) is 0 Å². The predicted molar refractivity (Wildman–Crippen MR) is 83.1 cm³/mol. The van der Waals surface area contributed by atoms with Crippen molar-refractivity contribution < 1.29 is 4.74 Å². The number of pyridine rings is 1. The summed E-state index contributed by atoms with van der Waals surface area (Å²) in [5, 5.41) is 3.70. The number of aryl methyl sites for hydroxylation is 1. The van der Waals surface area contributed by atoms with Crippen LogP contribution >= 0.6 is 0 Å². The van der Waals surface area contributed by atoms with Crippen molar-refractivity contribution in [1.29, 1.82) is 0 Å². The van der Waals surface area contributed by atoms with Crippen molar-refractivity contribution in [3.63, 3.8) is 0 Å². The Labute approximate surface area is 123 Å². The summed E-state index contributed by atoms with van der Waals surface area (Å²) >= 11 is 0. The molecule has 1 aliphatic carbocycles. The van der Waals surface area contributed by atoms with Gasteiger partial charge in [-0.15, -0.1) is 0 Å².